The first-order valence-electron chi connectivity index (χ1n) is 7.76. The Hall–Kier alpha value is -1.99. The molecule has 1 aliphatic heterocycles. The van der Waals surface area contributed by atoms with E-state index < -0.39 is 0 Å². The predicted molar refractivity (Wildman–Crippen MR) is 87.2 cm³/mol. The molecule has 3 aromatic rings. The lowest BCUT2D eigenvalue weighted by atomic mass is 10.1. The molecule has 7 heteroatoms. The monoisotopic (exact) mass is 329 g/mol. The Morgan fingerprint density at radius 1 is 1.26 bits per heavy atom. The predicted octanol–water partition coefficient (Wildman–Crippen LogP) is 2.74. The first-order valence-corrected chi connectivity index (χ1v) is 8.57. The second kappa shape index (κ2) is 5.90. The van der Waals surface area contributed by atoms with Gasteiger partial charge in [0.1, 0.15) is 0 Å². The molecule has 0 N–H and O–H groups in total. The van der Waals surface area contributed by atoms with Gasteiger partial charge in [-0.15, -0.1) is 11.3 Å². The van der Waals surface area contributed by atoms with Crippen molar-refractivity contribution < 1.29 is 4.52 Å². The van der Waals surface area contributed by atoms with Crippen molar-refractivity contribution in [2.45, 2.75) is 39.4 Å². The number of aryl methyl sites for hydroxylation is 2. The Morgan fingerprint density at radius 3 is 2.91 bits per heavy atom. The number of thiophene rings is 1. The van der Waals surface area contributed by atoms with E-state index in [9.17, 15) is 0 Å². The fourth-order valence-electron chi connectivity index (χ4n) is 3.08. The Morgan fingerprint density at radius 2 is 2.17 bits per heavy atom. The number of fused-ring (bicyclic) bond motifs is 1. The quantitative estimate of drug-likeness (QED) is 0.739. The van der Waals surface area contributed by atoms with Gasteiger partial charge in [-0.25, -0.2) is 0 Å². The van der Waals surface area contributed by atoms with Crippen LogP contribution in [-0.4, -0.2) is 31.4 Å². The van der Waals surface area contributed by atoms with E-state index in [-0.39, 0.29) is 5.92 Å². The SMILES string of the molecule is Cc1noc(C2CN(Cc3ccc(C)s3)Cc3ccnn3C2)n1. The maximum absolute atomic E-state index is 5.43. The Bertz CT molecular complexity index is 805. The van der Waals surface area contributed by atoms with E-state index in [0.29, 0.717) is 11.7 Å². The number of aromatic nitrogens is 4. The van der Waals surface area contributed by atoms with Gasteiger partial charge in [-0.3, -0.25) is 9.58 Å². The van der Waals surface area contributed by atoms with Gasteiger partial charge in [0, 0.05) is 35.6 Å². The number of hydrogen-bond donors (Lipinski definition) is 0. The standard InChI is InChI=1S/C16H19N5OS/c1-11-3-4-15(23-11)10-20-7-13(16-18-12(2)19-22-16)8-21-14(9-20)5-6-17-21/h3-6,13H,7-10H2,1-2H3. The van der Waals surface area contributed by atoms with Crippen molar-refractivity contribution in [1.82, 2.24) is 24.8 Å². The third-order valence-electron chi connectivity index (χ3n) is 4.13. The van der Waals surface area contributed by atoms with Crippen LogP contribution in [0.3, 0.4) is 0 Å². The van der Waals surface area contributed by atoms with Gasteiger partial charge in [0.2, 0.25) is 5.89 Å². The lowest BCUT2D eigenvalue weighted by Gasteiger charge is -2.21. The Kier molecular flexibility index (Phi) is 3.74. The summed E-state index contributed by atoms with van der Waals surface area (Å²) in [5, 5.41) is 8.39. The summed E-state index contributed by atoms with van der Waals surface area (Å²) in [6.45, 7) is 7.50. The van der Waals surface area contributed by atoms with Crippen LogP contribution in [0.1, 0.15) is 33.1 Å². The lowest BCUT2D eigenvalue weighted by molar-refractivity contribution is 0.228. The van der Waals surface area contributed by atoms with Crippen LogP contribution in [-0.2, 0) is 19.6 Å². The van der Waals surface area contributed by atoms with Crippen molar-refractivity contribution in [3.63, 3.8) is 0 Å². The molecule has 0 fully saturated rings. The summed E-state index contributed by atoms with van der Waals surface area (Å²) in [4.78, 5) is 9.61. The van der Waals surface area contributed by atoms with Crippen LogP contribution >= 0.6 is 11.3 Å². The Labute approximate surface area is 138 Å². The van der Waals surface area contributed by atoms with Gasteiger partial charge in [0.05, 0.1) is 18.2 Å². The minimum Gasteiger partial charge on any atom is -0.339 e. The zero-order valence-corrected chi connectivity index (χ0v) is 14.1. The summed E-state index contributed by atoms with van der Waals surface area (Å²) in [5.74, 6) is 1.56. The van der Waals surface area contributed by atoms with Crippen molar-refractivity contribution in [2.24, 2.45) is 0 Å². The average molecular weight is 329 g/mol. The van der Waals surface area contributed by atoms with Crippen LogP contribution in [0.15, 0.2) is 28.9 Å². The molecular formula is C16H19N5OS. The first kappa shape index (κ1) is 14.6. The summed E-state index contributed by atoms with van der Waals surface area (Å²) < 4.78 is 7.49. The minimum atomic E-state index is 0.165. The molecule has 0 radical (unpaired) electrons. The highest BCUT2D eigenvalue weighted by molar-refractivity contribution is 7.11. The minimum absolute atomic E-state index is 0.165. The molecule has 1 unspecified atom stereocenters. The van der Waals surface area contributed by atoms with E-state index in [2.05, 4.69) is 49.9 Å². The molecule has 23 heavy (non-hydrogen) atoms. The fraction of sp³-hybridized carbons (Fsp3) is 0.438. The molecular weight excluding hydrogens is 310 g/mol. The molecule has 0 saturated heterocycles. The third kappa shape index (κ3) is 3.07. The van der Waals surface area contributed by atoms with Crippen LogP contribution in [0.4, 0.5) is 0 Å². The maximum Gasteiger partial charge on any atom is 0.232 e. The Balaban J connectivity index is 1.61. The van der Waals surface area contributed by atoms with Crippen LogP contribution in [0.5, 0.6) is 0 Å². The van der Waals surface area contributed by atoms with E-state index in [1.54, 1.807) is 0 Å². The van der Waals surface area contributed by atoms with Crippen molar-refractivity contribution in [3.05, 3.63) is 51.6 Å². The molecule has 0 spiro atoms. The van der Waals surface area contributed by atoms with Crippen LogP contribution in [0, 0.1) is 13.8 Å². The second-order valence-corrected chi connectivity index (χ2v) is 7.44. The van der Waals surface area contributed by atoms with Gasteiger partial charge < -0.3 is 4.52 Å². The second-order valence-electron chi connectivity index (χ2n) is 6.06. The number of rotatable bonds is 3. The first-order chi connectivity index (χ1) is 11.2. The van der Waals surface area contributed by atoms with E-state index in [1.165, 1.54) is 15.4 Å². The summed E-state index contributed by atoms with van der Waals surface area (Å²) in [5.41, 5.74) is 1.23. The molecule has 0 bridgehead atoms. The summed E-state index contributed by atoms with van der Waals surface area (Å²) in [6.07, 6.45) is 1.87. The molecule has 120 valence electrons. The van der Waals surface area contributed by atoms with Gasteiger partial charge >= 0.3 is 0 Å². The molecule has 0 aliphatic carbocycles. The van der Waals surface area contributed by atoms with Gasteiger partial charge in [-0.05, 0) is 32.0 Å². The topological polar surface area (TPSA) is 60.0 Å². The molecule has 4 heterocycles. The van der Waals surface area contributed by atoms with Crippen molar-refractivity contribution in [1.29, 1.82) is 0 Å². The van der Waals surface area contributed by atoms with Gasteiger partial charge in [-0.2, -0.15) is 10.1 Å². The molecule has 3 aromatic heterocycles. The van der Waals surface area contributed by atoms with E-state index in [1.807, 2.05) is 24.5 Å². The fourth-order valence-corrected chi connectivity index (χ4v) is 4.01. The number of nitrogens with zero attached hydrogens (tertiary/aromatic N) is 5. The molecule has 4 rings (SSSR count). The zero-order valence-electron chi connectivity index (χ0n) is 13.3. The maximum atomic E-state index is 5.43. The highest BCUT2D eigenvalue weighted by atomic mass is 32.1. The summed E-state index contributed by atoms with van der Waals surface area (Å²) in [7, 11) is 0. The summed E-state index contributed by atoms with van der Waals surface area (Å²) >= 11 is 1.86. The smallest absolute Gasteiger partial charge is 0.232 e. The van der Waals surface area contributed by atoms with E-state index in [0.717, 1.165) is 26.2 Å². The lowest BCUT2D eigenvalue weighted by Crippen LogP contribution is -2.26. The van der Waals surface area contributed by atoms with E-state index >= 15 is 0 Å². The average Bonchev–Trinajstić information content (AvgIpc) is 3.20. The molecule has 1 atom stereocenters. The molecule has 1 aliphatic rings. The van der Waals surface area contributed by atoms with Crippen LogP contribution in [0.25, 0.3) is 0 Å². The largest absolute Gasteiger partial charge is 0.339 e. The van der Waals surface area contributed by atoms with Crippen LogP contribution in [0.2, 0.25) is 0 Å². The van der Waals surface area contributed by atoms with Crippen LogP contribution < -0.4 is 0 Å². The molecule has 0 aromatic carbocycles. The van der Waals surface area contributed by atoms with Gasteiger partial charge in [-0.1, -0.05) is 5.16 Å². The van der Waals surface area contributed by atoms with E-state index in [4.69, 9.17) is 4.52 Å². The molecule has 0 amide bonds. The summed E-state index contributed by atoms with van der Waals surface area (Å²) in [6, 6.07) is 6.49. The normalized spacial score (nSPS) is 18.8. The number of hydrogen-bond acceptors (Lipinski definition) is 6. The van der Waals surface area contributed by atoms with Crippen molar-refractivity contribution in [2.75, 3.05) is 6.54 Å². The van der Waals surface area contributed by atoms with Gasteiger partial charge in [0.25, 0.3) is 0 Å². The highest BCUT2D eigenvalue weighted by Gasteiger charge is 2.27. The highest BCUT2D eigenvalue weighted by Crippen LogP contribution is 2.26. The van der Waals surface area contributed by atoms with Gasteiger partial charge in [0.15, 0.2) is 5.82 Å². The van der Waals surface area contributed by atoms with Crippen molar-refractivity contribution >= 4 is 11.3 Å². The zero-order chi connectivity index (χ0) is 15.8. The third-order valence-corrected chi connectivity index (χ3v) is 5.12. The molecule has 0 saturated carbocycles. The molecule has 6 nitrogen and oxygen atoms in total. The van der Waals surface area contributed by atoms with Crippen molar-refractivity contribution in [3.8, 4) is 0 Å².